The minimum atomic E-state index is -0.174. The lowest BCUT2D eigenvalue weighted by molar-refractivity contribution is 0.102. The molecule has 0 spiro atoms. The van der Waals surface area contributed by atoms with Gasteiger partial charge in [-0.15, -0.1) is 11.3 Å². The summed E-state index contributed by atoms with van der Waals surface area (Å²) in [6.45, 7) is 6.00. The van der Waals surface area contributed by atoms with Crippen molar-refractivity contribution in [3.05, 3.63) is 80.7 Å². The molecule has 1 aromatic heterocycles. The Morgan fingerprint density at radius 2 is 1.60 bits per heavy atom. The summed E-state index contributed by atoms with van der Waals surface area (Å²) in [5.41, 5.74) is 6.35. The van der Waals surface area contributed by atoms with Crippen molar-refractivity contribution in [1.29, 1.82) is 0 Å². The van der Waals surface area contributed by atoms with Gasteiger partial charge in [-0.1, -0.05) is 24.3 Å². The Hall–Kier alpha value is -2.92. The van der Waals surface area contributed by atoms with Crippen LogP contribution < -0.4 is 10.6 Å². The van der Waals surface area contributed by atoms with Gasteiger partial charge in [-0.05, 0) is 86.9 Å². The highest BCUT2D eigenvalue weighted by atomic mass is 32.1. The molecule has 0 aliphatic heterocycles. The zero-order chi connectivity index (χ0) is 21.3. The van der Waals surface area contributed by atoms with E-state index in [4.69, 9.17) is 0 Å². The van der Waals surface area contributed by atoms with Crippen LogP contribution in [-0.2, 0) is 12.8 Å². The summed E-state index contributed by atoms with van der Waals surface area (Å²) >= 11 is 1.54. The number of thiophene rings is 1. The molecule has 1 aliphatic carbocycles. The van der Waals surface area contributed by atoms with Crippen LogP contribution in [0.1, 0.15) is 60.7 Å². The fraction of sp³-hybridized carbons (Fsp3) is 0.280. The van der Waals surface area contributed by atoms with Crippen LogP contribution in [0.2, 0.25) is 0 Å². The molecule has 2 aromatic carbocycles. The second-order valence-corrected chi connectivity index (χ2v) is 9.04. The van der Waals surface area contributed by atoms with E-state index in [1.165, 1.54) is 10.4 Å². The maximum absolute atomic E-state index is 13.3. The average Bonchev–Trinajstić information content (AvgIpc) is 3.09. The summed E-state index contributed by atoms with van der Waals surface area (Å²) in [7, 11) is 0. The van der Waals surface area contributed by atoms with Crippen LogP contribution >= 0.6 is 11.3 Å². The second-order valence-electron chi connectivity index (χ2n) is 7.94. The van der Waals surface area contributed by atoms with Crippen LogP contribution in [0.5, 0.6) is 0 Å². The number of rotatable bonds is 4. The lowest BCUT2D eigenvalue weighted by atomic mass is 9.95. The van der Waals surface area contributed by atoms with E-state index in [9.17, 15) is 9.59 Å². The average molecular weight is 419 g/mol. The highest BCUT2D eigenvalue weighted by Gasteiger charge is 2.27. The van der Waals surface area contributed by atoms with Gasteiger partial charge >= 0.3 is 0 Å². The quantitative estimate of drug-likeness (QED) is 0.541. The molecule has 0 atom stereocenters. The molecule has 0 bridgehead atoms. The lowest BCUT2D eigenvalue weighted by Crippen LogP contribution is -2.19. The Balaban J connectivity index is 1.67. The van der Waals surface area contributed by atoms with Gasteiger partial charge in [-0.3, -0.25) is 9.59 Å². The van der Waals surface area contributed by atoms with Gasteiger partial charge in [0.1, 0.15) is 5.00 Å². The van der Waals surface area contributed by atoms with Gasteiger partial charge in [0, 0.05) is 16.1 Å². The van der Waals surface area contributed by atoms with E-state index in [0.29, 0.717) is 16.1 Å². The van der Waals surface area contributed by atoms with E-state index in [1.807, 2.05) is 56.3 Å². The van der Waals surface area contributed by atoms with Crippen molar-refractivity contribution in [1.82, 2.24) is 0 Å². The Labute approximate surface area is 181 Å². The first-order valence-corrected chi connectivity index (χ1v) is 11.2. The maximum Gasteiger partial charge on any atom is 0.258 e. The third-order valence-electron chi connectivity index (χ3n) is 5.78. The SMILES string of the molecule is Cc1ccc(NC(=O)c2c(NC(=O)c3ccccc3C)sc3c2CCCC3)cc1C. The molecule has 0 saturated heterocycles. The predicted octanol–water partition coefficient (Wildman–Crippen LogP) is 6.06. The molecule has 1 heterocycles. The van der Waals surface area contributed by atoms with E-state index in [2.05, 4.69) is 17.6 Å². The van der Waals surface area contributed by atoms with Gasteiger partial charge < -0.3 is 10.6 Å². The number of benzene rings is 2. The summed E-state index contributed by atoms with van der Waals surface area (Å²) in [4.78, 5) is 27.4. The van der Waals surface area contributed by atoms with Gasteiger partial charge in [-0.2, -0.15) is 0 Å². The number of carbonyl (C=O) groups is 2. The Morgan fingerprint density at radius 1 is 0.833 bits per heavy atom. The van der Waals surface area contributed by atoms with E-state index in [0.717, 1.165) is 48.1 Å². The number of amides is 2. The van der Waals surface area contributed by atoms with E-state index in [1.54, 1.807) is 11.3 Å². The molecule has 0 fully saturated rings. The first kappa shape index (κ1) is 20.4. The van der Waals surface area contributed by atoms with Crippen LogP contribution in [0.4, 0.5) is 10.7 Å². The highest BCUT2D eigenvalue weighted by Crippen LogP contribution is 2.39. The van der Waals surface area contributed by atoms with Crippen molar-refractivity contribution < 1.29 is 9.59 Å². The fourth-order valence-electron chi connectivity index (χ4n) is 3.91. The standard InChI is InChI=1S/C25H26N2O2S/c1-15-12-13-18(14-17(15)3)26-24(29)22-20-10-6-7-11-21(20)30-25(22)27-23(28)19-9-5-4-8-16(19)2/h4-5,8-9,12-14H,6-7,10-11H2,1-3H3,(H,26,29)(H,27,28). The fourth-order valence-corrected chi connectivity index (χ4v) is 5.19. The summed E-state index contributed by atoms with van der Waals surface area (Å²) in [6.07, 6.45) is 4.03. The van der Waals surface area contributed by atoms with Gasteiger partial charge in [0.2, 0.25) is 0 Å². The number of anilines is 2. The molecule has 3 aromatic rings. The number of hydrogen-bond acceptors (Lipinski definition) is 3. The number of fused-ring (bicyclic) bond motifs is 1. The smallest absolute Gasteiger partial charge is 0.258 e. The summed E-state index contributed by atoms with van der Waals surface area (Å²) in [5, 5.41) is 6.72. The van der Waals surface area contributed by atoms with Crippen molar-refractivity contribution in [3.63, 3.8) is 0 Å². The minimum absolute atomic E-state index is 0.155. The molecular formula is C25H26N2O2S. The third kappa shape index (κ3) is 4.03. The van der Waals surface area contributed by atoms with Crippen molar-refractivity contribution in [2.24, 2.45) is 0 Å². The summed E-state index contributed by atoms with van der Waals surface area (Å²) < 4.78 is 0. The van der Waals surface area contributed by atoms with Crippen LogP contribution in [-0.4, -0.2) is 11.8 Å². The normalized spacial score (nSPS) is 12.9. The van der Waals surface area contributed by atoms with Gasteiger partial charge in [0.15, 0.2) is 0 Å². The second kappa shape index (κ2) is 8.44. The van der Waals surface area contributed by atoms with Gasteiger partial charge in [0.25, 0.3) is 11.8 Å². The molecule has 5 heteroatoms. The largest absolute Gasteiger partial charge is 0.322 e. The van der Waals surface area contributed by atoms with Crippen LogP contribution in [0.25, 0.3) is 0 Å². The number of aryl methyl sites for hydroxylation is 4. The van der Waals surface area contributed by atoms with Crippen molar-refractivity contribution in [3.8, 4) is 0 Å². The number of carbonyl (C=O) groups excluding carboxylic acids is 2. The molecule has 1 aliphatic rings. The van der Waals surface area contributed by atoms with E-state index >= 15 is 0 Å². The molecule has 4 nitrogen and oxygen atoms in total. The maximum atomic E-state index is 13.3. The van der Waals surface area contributed by atoms with E-state index in [-0.39, 0.29) is 11.8 Å². The van der Waals surface area contributed by atoms with Gasteiger partial charge in [-0.25, -0.2) is 0 Å². The Bertz CT molecular complexity index is 1130. The topological polar surface area (TPSA) is 58.2 Å². The Morgan fingerprint density at radius 3 is 2.37 bits per heavy atom. The molecule has 0 radical (unpaired) electrons. The molecule has 30 heavy (non-hydrogen) atoms. The van der Waals surface area contributed by atoms with Crippen LogP contribution in [0.3, 0.4) is 0 Å². The van der Waals surface area contributed by atoms with Crippen molar-refractivity contribution in [2.45, 2.75) is 46.5 Å². The molecule has 0 saturated carbocycles. The van der Waals surface area contributed by atoms with E-state index < -0.39 is 0 Å². The van der Waals surface area contributed by atoms with Crippen LogP contribution in [0, 0.1) is 20.8 Å². The molecule has 154 valence electrons. The van der Waals surface area contributed by atoms with Crippen LogP contribution in [0.15, 0.2) is 42.5 Å². The van der Waals surface area contributed by atoms with Gasteiger partial charge in [0.05, 0.1) is 5.56 Å². The molecular weight excluding hydrogens is 392 g/mol. The summed E-state index contributed by atoms with van der Waals surface area (Å²) in [5.74, 6) is -0.329. The number of hydrogen-bond donors (Lipinski definition) is 2. The number of nitrogens with one attached hydrogen (secondary N) is 2. The van der Waals surface area contributed by atoms with Crippen molar-refractivity contribution >= 4 is 33.8 Å². The molecule has 2 amide bonds. The zero-order valence-corrected chi connectivity index (χ0v) is 18.4. The molecule has 4 rings (SSSR count). The molecule has 0 unspecified atom stereocenters. The van der Waals surface area contributed by atoms with Crippen molar-refractivity contribution in [2.75, 3.05) is 10.6 Å². The lowest BCUT2D eigenvalue weighted by Gasteiger charge is -2.14. The zero-order valence-electron chi connectivity index (χ0n) is 17.6. The highest BCUT2D eigenvalue weighted by molar-refractivity contribution is 7.17. The first-order valence-electron chi connectivity index (χ1n) is 10.3. The monoisotopic (exact) mass is 418 g/mol. The first-order chi connectivity index (χ1) is 14.4. The third-order valence-corrected chi connectivity index (χ3v) is 6.99. The summed E-state index contributed by atoms with van der Waals surface area (Å²) in [6, 6.07) is 13.4. The molecule has 2 N–H and O–H groups in total. The Kier molecular flexibility index (Phi) is 5.73. The predicted molar refractivity (Wildman–Crippen MR) is 124 cm³/mol. The minimum Gasteiger partial charge on any atom is -0.322 e.